The molecule has 1 rings (SSSR count). The Morgan fingerprint density at radius 1 is 1.00 bits per heavy atom. The van der Waals surface area contributed by atoms with Crippen molar-refractivity contribution in [1.82, 2.24) is 0 Å². The quantitative estimate of drug-likeness (QED) is 0.182. The Bertz CT molecular complexity index is 577. The van der Waals surface area contributed by atoms with E-state index in [0.29, 0.717) is 11.3 Å². The Balaban J connectivity index is 2.17. The van der Waals surface area contributed by atoms with Crippen molar-refractivity contribution in [3.05, 3.63) is 41.5 Å². The molecule has 0 N–H and O–H groups in total. The van der Waals surface area contributed by atoms with Crippen LogP contribution in [0.5, 0.6) is 5.75 Å². The lowest BCUT2D eigenvalue weighted by atomic mass is 9.99. The molecule has 3 heteroatoms. The summed E-state index contributed by atoms with van der Waals surface area (Å²) >= 11 is 0. The topological polar surface area (TPSA) is 35.5 Å². The molecular formula is C25H40O3. The molecule has 0 saturated heterocycles. The molecule has 0 fully saturated rings. The first-order valence-corrected chi connectivity index (χ1v) is 11.0. The molecule has 1 atom stereocenters. The maximum atomic E-state index is 12.1. The van der Waals surface area contributed by atoms with Crippen LogP contribution in [-0.2, 0) is 11.2 Å². The van der Waals surface area contributed by atoms with Gasteiger partial charge in [0, 0.05) is 0 Å². The highest BCUT2D eigenvalue weighted by atomic mass is 16.5. The fourth-order valence-electron chi connectivity index (χ4n) is 3.42. The van der Waals surface area contributed by atoms with E-state index in [0.717, 1.165) is 24.3 Å². The number of rotatable bonds is 15. The standard InChI is InChI=1S/C25H40O3/c1-5-21(2)17-14-12-10-8-6-7-9-11-13-15-18-22-19-16-20-23(27-3)24(22)25(26)28-4/h8,10,16,19-21H,5-7,9,11-15,17-18H2,1-4H3/b10-8-/t21-/m0/s1. The van der Waals surface area contributed by atoms with Gasteiger partial charge in [-0.05, 0) is 56.1 Å². The Labute approximate surface area is 172 Å². The Kier molecular flexibility index (Phi) is 13.2. The predicted octanol–water partition coefficient (Wildman–Crippen LogP) is 7.14. The number of allylic oxidation sites excluding steroid dienone is 2. The van der Waals surface area contributed by atoms with E-state index in [2.05, 4.69) is 26.0 Å². The third-order valence-electron chi connectivity index (χ3n) is 5.47. The summed E-state index contributed by atoms with van der Waals surface area (Å²) in [6.45, 7) is 4.61. The van der Waals surface area contributed by atoms with Gasteiger partial charge in [-0.2, -0.15) is 0 Å². The fourth-order valence-corrected chi connectivity index (χ4v) is 3.42. The van der Waals surface area contributed by atoms with Crippen LogP contribution in [-0.4, -0.2) is 20.2 Å². The zero-order valence-corrected chi connectivity index (χ0v) is 18.5. The van der Waals surface area contributed by atoms with Crippen LogP contribution >= 0.6 is 0 Å². The summed E-state index contributed by atoms with van der Waals surface area (Å²) in [5, 5.41) is 0. The van der Waals surface area contributed by atoms with Crippen LogP contribution in [0.1, 0.15) is 94.0 Å². The summed E-state index contributed by atoms with van der Waals surface area (Å²) in [6, 6.07) is 5.75. The molecule has 0 amide bonds. The highest BCUT2D eigenvalue weighted by Crippen LogP contribution is 2.25. The first-order valence-electron chi connectivity index (χ1n) is 11.0. The van der Waals surface area contributed by atoms with Crippen molar-refractivity contribution < 1.29 is 14.3 Å². The molecule has 0 heterocycles. The number of benzene rings is 1. The Morgan fingerprint density at radius 2 is 1.68 bits per heavy atom. The molecule has 158 valence electrons. The largest absolute Gasteiger partial charge is 0.496 e. The lowest BCUT2D eigenvalue weighted by Crippen LogP contribution is -2.08. The molecule has 0 radical (unpaired) electrons. The molecule has 28 heavy (non-hydrogen) atoms. The number of unbranched alkanes of at least 4 members (excludes halogenated alkanes) is 6. The number of esters is 1. The summed E-state index contributed by atoms with van der Waals surface area (Å²) in [5.41, 5.74) is 1.59. The van der Waals surface area contributed by atoms with Crippen molar-refractivity contribution in [3.63, 3.8) is 0 Å². The zero-order chi connectivity index (χ0) is 20.6. The number of hydrogen-bond donors (Lipinski definition) is 0. The smallest absolute Gasteiger partial charge is 0.341 e. The highest BCUT2D eigenvalue weighted by molar-refractivity contribution is 5.94. The molecular weight excluding hydrogens is 348 g/mol. The third-order valence-corrected chi connectivity index (χ3v) is 5.47. The van der Waals surface area contributed by atoms with Gasteiger partial charge in [0.05, 0.1) is 14.2 Å². The van der Waals surface area contributed by atoms with Gasteiger partial charge in [-0.25, -0.2) is 4.79 Å². The second-order valence-electron chi connectivity index (χ2n) is 7.71. The molecule has 0 aliphatic heterocycles. The Morgan fingerprint density at radius 3 is 2.36 bits per heavy atom. The summed E-state index contributed by atoms with van der Waals surface area (Å²) in [5.74, 6) is 1.15. The normalized spacial score (nSPS) is 12.3. The SMILES string of the molecule is CC[C@H](C)CCC/C=C\CCCCCCCc1cccc(OC)c1C(=O)OC. The summed E-state index contributed by atoms with van der Waals surface area (Å²) in [6.07, 6.45) is 18.1. The maximum absolute atomic E-state index is 12.1. The van der Waals surface area contributed by atoms with E-state index >= 15 is 0 Å². The van der Waals surface area contributed by atoms with E-state index in [1.165, 1.54) is 64.9 Å². The van der Waals surface area contributed by atoms with Gasteiger partial charge in [-0.3, -0.25) is 0 Å². The number of hydrogen-bond acceptors (Lipinski definition) is 3. The van der Waals surface area contributed by atoms with Crippen LogP contribution in [0.15, 0.2) is 30.4 Å². The number of carbonyl (C=O) groups is 1. The lowest BCUT2D eigenvalue weighted by molar-refractivity contribution is 0.0595. The number of aryl methyl sites for hydroxylation is 1. The average molecular weight is 389 g/mol. The van der Waals surface area contributed by atoms with Gasteiger partial charge in [-0.1, -0.05) is 70.2 Å². The van der Waals surface area contributed by atoms with E-state index in [1.807, 2.05) is 18.2 Å². The van der Waals surface area contributed by atoms with Gasteiger partial charge in [0.2, 0.25) is 0 Å². The van der Waals surface area contributed by atoms with Crippen LogP contribution in [0.3, 0.4) is 0 Å². The Hall–Kier alpha value is -1.77. The first-order chi connectivity index (χ1) is 13.6. The van der Waals surface area contributed by atoms with Crippen LogP contribution in [0, 0.1) is 5.92 Å². The minimum atomic E-state index is -0.316. The van der Waals surface area contributed by atoms with Crippen LogP contribution in [0.25, 0.3) is 0 Å². The van der Waals surface area contributed by atoms with Gasteiger partial charge in [-0.15, -0.1) is 0 Å². The predicted molar refractivity (Wildman–Crippen MR) is 118 cm³/mol. The van der Waals surface area contributed by atoms with Crippen LogP contribution in [0.2, 0.25) is 0 Å². The van der Waals surface area contributed by atoms with E-state index in [1.54, 1.807) is 7.11 Å². The maximum Gasteiger partial charge on any atom is 0.341 e. The van der Waals surface area contributed by atoms with E-state index in [9.17, 15) is 4.79 Å². The van der Waals surface area contributed by atoms with Crippen molar-refractivity contribution in [2.24, 2.45) is 5.92 Å². The molecule has 0 aliphatic carbocycles. The lowest BCUT2D eigenvalue weighted by Gasteiger charge is -2.12. The van der Waals surface area contributed by atoms with Gasteiger partial charge < -0.3 is 9.47 Å². The third kappa shape index (κ3) is 9.43. The van der Waals surface area contributed by atoms with Crippen molar-refractivity contribution in [2.75, 3.05) is 14.2 Å². The molecule has 0 unspecified atom stereocenters. The second kappa shape index (κ2) is 15.2. The molecule has 3 nitrogen and oxygen atoms in total. The number of carbonyl (C=O) groups excluding carboxylic acids is 1. The van der Waals surface area contributed by atoms with Crippen LogP contribution < -0.4 is 4.74 Å². The number of ether oxygens (including phenoxy) is 2. The highest BCUT2D eigenvalue weighted by Gasteiger charge is 2.17. The molecule has 0 bridgehead atoms. The molecule has 0 saturated carbocycles. The van der Waals surface area contributed by atoms with E-state index < -0.39 is 0 Å². The molecule has 0 aromatic heterocycles. The molecule has 0 spiro atoms. The minimum Gasteiger partial charge on any atom is -0.496 e. The fraction of sp³-hybridized carbons (Fsp3) is 0.640. The molecule has 1 aromatic carbocycles. The van der Waals surface area contributed by atoms with Gasteiger partial charge >= 0.3 is 5.97 Å². The van der Waals surface area contributed by atoms with E-state index in [4.69, 9.17) is 9.47 Å². The van der Waals surface area contributed by atoms with Crippen molar-refractivity contribution in [1.29, 1.82) is 0 Å². The molecule has 0 aliphatic rings. The average Bonchev–Trinajstić information content (AvgIpc) is 2.73. The van der Waals surface area contributed by atoms with Crippen LogP contribution in [0.4, 0.5) is 0 Å². The minimum absolute atomic E-state index is 0.316. The van der Waals surface area contributed by atoms with Crippen molar-refractivity contribution in [2.45, 2.75) is 84.5 Å². The summed E-state index contributed by atoms with van der Waals surface area (Å²) in [4.78, 5) is 12.1. The second-order valence-corrected chi connectivity index (χ2v) is 7.71. The summed E-state index contributed by atoms with van der Waals surface area (Å²) in [7, 11) is 3.00. The van der Waals surface area contributed by atoms with Gasteiger partial charge in [0.25, 0.3) is 0 Å². The molecule has 1 aromatic rings. The van der Waals surface area contributed by atoms with E-state index in [-0.39, 0.29) is 5.97 Å². The zero-order valence-electron chi connectivity index (χ0n) is 18.5. The van der Waals surface area contributed by atoms with Gasteiger partial charge in [0.1, 0.15) is 11.3 Å². The number of methoxy groups -OCH3 is 2. The van der Waals surface area contributed by atoms with Crippen molar-refractivity contribution >= 4 is 5.97 Å². The van der Waals surface area contributed by atoms with Gasteiger partial charge in [0.15, 0.2) is 0 Å². The van der Waals surface area contributed by atoms with Crippen molar-refractivity contribution in [3.8, 4) is 5.75 Å². The monoisotopic (exact) mass is 388 g/mol. The first kappa shape index (κ1) is 24.3. The summed E-state index contributed by atoms with van der Waals surface area (Å²) < 4.78 is 10.2.